The topological polar surface area (TPSA) is 77.6 Å². The summed E-state index contributed by atoms with van der Waals surface area (Å²) in [7, 11) is 1.30. The number of methoxy groups -OCH3 is 1. The summed E-state index contributed by atoms with van der Waals surface area (Å²) >= 11 is 7.34. The molecule has 166 valence electrons. The molecule has 10 heteroatoms. The highest BCUT2D eigenvalue weighted by Gasteiger charge is 2.32. The number of rotatable bonds is 6. The van der Waals surface area contributed by atoms with Gasteiger partial charge in [0.25, 0.3) is 0 Å². The molecule has 32 heavy (non-hydrogen) atoms. The molecule has 0 saturated carbocycles. The van der Waals surface area contributed by atoms with Gasteiger partial charge in [-0.2, -0.15) is 13.2 Å². The molecule has 0 aliphatic rings. The minimum Gasteiger partial charge on any atom is -0.469 e. The number of aromatic nitrogens is 1. The largest absolute Gasteiger partial charge is 0.469 e. The van der Waals surface area contributed by atoms with Crippen LogP contribution < -0.4 is 5.73 Å². The van der Waals surface area contributed by atoms with Crippen LogP contribution in [0.5, 0.6) is 0 Å². The fraction of sp³-hybridized carbons (Fsp3) is 0.136. The zero-order valence-electron chi connectivity index (χ0n) is 16.7. The van der Waals surface area contributed by atoms with Crippen LogP contribution in [-0.2, 0) is 16.0 Å². The van der Waals surface area contributed by atoms with Crippen LogP contribution in [0.3, 0.4) is 0 Å². The van der Waals surface area contributed by atoms with Crippen LogP contribution >= 0.6 is 22.9 Å². The lowest BCUT2D eigenvalue weighted by atomic mass is 10.1. The maximum atomic E-state index is 13.1. The molecule has 0 fully saturated rings. The van der Waals surface area contributed by atoms with Crippen LogP contribution in [0.2, 0.25) is 5.02 Å². The van der Waals surface area contributed by atoms with Crippen molar-refractivity contribution in [1.29, 1.82) is 0 Å². The van der Waals surface area contributed by atoms with Gasteiger partial charge in [0.15, 0.2) is 0 Å². The number of hydrogen-bond acceptors (Lipinski definition) is 6. The first kappa shape index (κ1) is 23.5. The van der Waals surface area contributed by atoms with Gasteiger partial charge >= 0.3 is 12.1 Å². The van der Waals surface area contributed by atoms with Gasteiger partial charge in [-0.25, -0.2) is 4.99 Å². The molecule has 3 aromatic rings. The highest BCUT2D eigenvalue weighted by atomic mass is 35.5. The molecule has 3 rings (SSSR count). The number of pyridine rings is 1. The molecule has 0 unspecified atom stereocenters. The first-order valence-electron chi connectivity index (χ1n) is 9.16. The van der Waals surface area contributed by atoms with Gasteiger partial charge in [-0.3, -0.25) is 9.78 Å². The van der Waals surface area contributed by atoms with Crippen LogP contribution in [0, 0.1) is 0 Å². The Hall–Kier alpha value is -3.17. The Morgan fingerprint density at radius 2 is 2.00 bits per heavy atom. The van der Waals surface area contributed by atoms with Gasteiger partial charge in [0.1, 0.15) is 5.70 Å². The molecule has 0 atom stereocenters. The fourth-order valence-electron chi connectivity index (χ4n) is 2.65. The third-order valence-electron chi connectivity index (χ3n) is 4.23. The maximum Gasteiger partial charge on any atom is 0.430 e. The van der Waals surface area contributed by atoms with Crippen LogP contribution in [0.1, 0.15) is 10.4 Å². The molecular weight excluding hydrogens is 463 g/mol. The van der Waals surface area contributed by atoms with E-state index in [-0.39, 0.29) is 12.1 Å². The molecule has 0 aliphatic heterocycles. The van der Waals surface area contributed by atoms with Gasteiger partial charge in [-0.1, -0.05) is 23.7 Å². The lowest BCUT2D eigenvalue weighted by Gasteiger charge is -2.08. The number of carbonyl (C=O) groups is 1. The Morgan fingerprint density at radius 1 is 1.25 bits per heavy atom. The van der Waals surface area contributed by atoms with E-state index in [1.54, 1.807) is 54.9 Å². The standard InChI is InChI=1S/C22H17ClF3N3O2S/c1-31-21(30)9-13-8-14(12-28-11-13)18-6-7-19(32-18)17(10-20(27)22(24,25)26)29-16-5-3-2-4-15(16)23/h2-8,10-12H,9,27H2,1H3/b20-10-,29-17?. The highest BCUT2D eigenvalue weighted by molar-refractivity contribution is 7.17. The van der Waals surface area contributed by atoms with E-state index >= 15 is 0 Å². The number of esters is 1. The zero-order chi connectivity index (χ0) is 23.3. The molecule has 0 radical (unpaired) electrons. The second-order valence-electron chi connectivity index (χ2n) is 6.54. The zero-order valence-corrected chi connectivity index (χ0v) is 18.3. The van der Waals surface area contributed by atoms with Gasteiger partial charge in [0, 0.05) is 22.8 Å². The highest BCUT2D eigenvalue weighted by Crippen LogP contribution is 2.32. The summed E-state index contributed by atoms with van der Waals surface area (Å²) in [5.41, 5.74) is 5.65. The van der Waals surface area contributed by atoms with Crippen molar-refractivity contribution in [1.82, 2.24) is 4.98 Å². The van der Waals surface area contributed by atoms with Crippen LogP contribution in [-0.4, -0.2) is 30.0 Å². The third-order valence-corrected chi connectivity index (χ3v) is 5.70. The molecule has 2 aromatic heterocycles. The number of halogens is 4. The SMILES string of the molecule is COC(=O)Cc1cncc(-c2ccc(C(/C=C(\N)C(F)(F)F)=Nc3ccccc3Cl)s2)c1. The number of carbonyl (C=O) groups excluding carboxylic acids is 1. The van der Waals surface area contributed by atoms with E-state index in [1.807, 2.05) is 0 Å². The molecule has 0 saturated heterocycles. The number of aliphatic imine (C=N–C) groups is 1. The smallest absolute Gasteiger partial charge is 0.430 e. The van der Waals surface area contributed by atoms with Crippen LogP contribution in [0.25, 0.3) is 10.4 Å². The Labute approximate surface area is 191 Å². The summed E-state index contributed by atoms with van der Waals surface area (Å²) in [6.45, 7) is 0. The van der Waals surface area contributed by atoms with E-state index in [0.717, 1.165) is 11.0 Å². The summed E-state index contributed by atoms with van der Waals surface area (Å²) in [4.78, 5) is 21.2. The number of hydrogen-bond donors (Lipinski definition) is 1. The summed E-state index contributed by atoms with van der Waals surface area (Å²) in [5.74, 6) is -0.405. The molecule has 2 heterocycles. The van der Waals surface area contributed by atoms with Crippen molar-refractivity contribution in [2.75, 3.05) is 7.11 Å². The molecule has 1 aromatic carbocycles. The molecule has 0 aliphatic carbocycles. The number of ether oxygens (including phenoxy) is 1. The van der Waals surface area contributed by atoms with Gasteiger partial charge in [0.2, 0.25) is 0 Å². The maximum absolute atomic E-state index is 13.1. The van der Waals surface area contributed by atoms with Crippen molar-refractivity contribution in [2.24, 2.45) is 10.7 Å². The first-order chi connectivity index (χ1) is 15.2. The van der Waals surface area contributed by atoms with E-state index < -0.39 is 17.8 Å². The minimum absolute atomic E-state index is 0.0165. The van der Waals surface area contributed by atoms with Crippen molar-refractivity contribution >= 4 is 40.3 Å². The minimum atomic E-state index is -4.70. The molecule has 0 spiro atoms. The summed E-state index contributed by atoms with van der Waals surface area (Å²) in [6.07, 6.45) is -0.717. The predicted molar refractivity (Wildman–Crippen MR) is 119 cm³/mol. The Morgan fingerprint density at radius 3 is 2.69 bits per heavy atom. The Bertz CT molecular complexity index is 1190. The number of alkyl halides is 3. The molecule has 5 nitrogen and oxygen atoms in total. The number of benzene rings is 1. The number of allylic oxidation sites excluding steroid dienone is 2. The molecular formula is C22H17ClF3N3O2S. The number of nitrogens with zero attached hydrogens (tertiary/aromatic N) is 2. The Kier molecular flexibility index (Phi) is 7.32. The van der Waals surface area contributed by atoms with Gasteiger partial charge < -0.3 is 10.5 Å². The summed E-state index contributed by atoms with van der Waals surface area (Å²) < 4.78 is 43.9. The quantitative estimate of drug-likeness (QED) is 0.363. The molecule has 2 N–H and O–H groups in total. The van der Waals surface area contributed by atoms with Gasteiger partial charge in [0.05, 0.1) is 34.8 Å². The monoisotopic (exact) mass is 479 g/mol. The summed E-state index contributed by atoms with van der Waals surface area (Å²) in [6, 6.07) is 11.7. The van der Waals surface area contributed by atoms with Crippen LogP contribution in [0.15, 0.2) is 71.6 Å². The van der Waals surface area contributed by atoms with Gasteiger partial charge in [-0.05, 0) is 42.0 Å². The number of thiophene rings is 1. The first-order valence-corrected chi connectivity index (χ1v) is 10.4. The summed E-state index contributed by atoms with van der Waals surface area (Å²) in [5, 5.41) is 0.292. The van der Waals surface area contributed by atoms with Gasteiger partial charge in [-0.15, -0.1) is 11.3 Å². The Balaban J connectivity index is 2.02. The molecule has 0 amide bonds. The van der Waals surface area contributed by atoms with Crippen molar-refractivity contribution < 1.29 is 22.7 Å². The van der Waals surface area contributed by atoms with Crippen molar-refractivity contribution in [3.05, 3.63) is 82.1 Å². The number of para-hydroxylation sites is 1. The molecule has 0 bridgehead atoms. The normalized spacial score (nSPS) is 12.7. The lowest BCUT2D eigenvalue weighted by molar-refractivity contribution is -0.139. The van der Waals surface area contributed by atoms with E-state index in [4.69, 9.17) is 17.3 Å². The van der Waals surface area contributed by atoms with Crippen LogP contribution in [0.4, 0.5) is 18.9 Å². The number of nitrogens with two attached hydrogens (primary N) is 1. The van der Waals surface area contributed by atoms with E-state index in [1.165, 1.54) is 18.4 Å². The average Bonchev–Trinajstić information content (AvgIpc) is 3.24. The van der Waals surface area contributed by atoms with Crippen molar-refractivity contribution in [2.45, 2.75) is 12.6 Å². The predicted octanol–water partition coefficient (Wildman–Crippen LogP) is 5.70. The van der Waals surface area contributed by atoms with E-state index in [0.29, 0.717) is 26.7 Å². The van der Waals surface area contributed by atoms with E-state index in [9.17, 15) is 18.0 Å². The lowest BCUT2D eigenvalue weighted by Crippen LogP contribution is -2.20. The second-order valence-corrected chi connectivity index (χ2v) is 8.04. The van der Waals surface area contributed by atoms with E-state index in [2.05, 4.69) is 14.7 Å². The fourth-order valence-corrected chi connectivity index (χ4v) is 3.77. The second kappa shape index (κ2) is 9.97. The van der Waals surface area contributed by atoms with Crippen molar-refractivity contribution in [3.8, 4) is 10.4 Å². The van der Waals surface area contributed by atoms with Crippen molar-refractivity contribution in [3.63, 3.8) is 0 Å². The average molecular weight is 480 g/mol. The third kappa shape index (κ3) is 5.95.